The molecule has 1 heterocycles. The first-order chi connectivity index (χ1) is 10.6. The first-order valence-electron chi connectivity index (χ1n) is 7.15. The van der Waals surface area contributed by atoms with E-state index in [9.17, 15) is 9.90 Å². The highest BCUT2D eigenvalue weighted by Crippen LogP contribution is 2.33. The maximum absolute atomic E-state index is 11.2. The zero-order valence-electron chi connectivity index (χ0n) is 12.9. The van der Waals surface area contributed by atoms with Gasteiger partial charge in [0.2, 0.25) is 0 Å². The number of hydrogen-bond donors (Lipinski definition) is 1. The van der Waals surface area contributed by atoms with Gasteiger partial charge in [-0.2, -0.15) is 0 Å². The Balaban J connectivity index is 2.53. The van der Waals surface area contributed by atoms with Gasteiger partial charge in [0.15, 0.2) is 0 Å². The second-order valence-corrected chi connectivity index (χ2v) is 4.64. The van der Waals surface area contributed by atoms with E-state index in [0.717, 1.165) is 5.56 Å². The minimum absolute atomic E-state index is 0.234. The Bertz CT molecular complexity index is 682. The van der Waals surface area contributed by atoms with Gasteiger partial charge in [0, 0.05) is 11.6 Å². The summed E-state index contributed by atoms with van der Waals surface area (Å²) in [5.41, 5.74) is 2.29. The number of rotatable bonds is 6. The number of ether oxygens (including phenoxy) is 2. The van der Waals surface area contributed by atoms with Crippen molar-refractivity contribution < 1.29 is 19.4 Å². The summed E-state index contributed by atoms with van der Waals surface area (Å²) >= 11 is 0. The highest BCUT2D eigenvalue weighted by atomic mass is 16.5. The van der Waals surface area contributed by atoms with Gasteiger partial charge in [-0.1, -0.05) is 6.92 Å². The van der Waals surface area contributed by atoms with Crippen LogP contribution in [0.4, 0.5) is 0 Å². The molecule has 0 atom stereocenters. The Hall–Kier alpha value is -2.56. The molecule has 5 heteroatoms. The van der Waals surface area contributed by atoms with Crippen LogP contribution in [0.3, 0.4) is 0 Å². The highest BCUT2D eigenvalue weighted by molar-refractivity contribution is 5.89. The third-order valence-electron chi connectivity index (χ3n) is 3.30. The van der Waals surface area contributed by atoms with Gasteiger partial charge in [0.1, 0.15) is 11.5 Å². The Morgan fingerprint density at radius 3 is 2.59 bits per heavy atom. The van der Waals surface area contributed by atoms with E-state index in [-0.39, 0.29) is 5.56 Å². The van der Waals surface area contributed by atoms with E-state index in [1.807, 2.05) is 26.0 Å². The lowest BCUT2D eigenvalue weighted by Gasteiger charge is -2.13. The zero-order chi connectivity index (χ0) is 16.1. The predicted molar refractivity (Wildman–Crippen MR) is 83.7 cm³/mol. The fraction of sp³-hybridized carbons (Fsp3) is 0.294. The zero-order valence-corrected chi connectivity index (χ0v) is 12.9. The number of carboxylic acids is 1. The fourth-order valence-electron chi connectivity index (χ4n) is 2.23. The molecule has 0 spiro atoms. The average Bonchev–Trinajstić information content (AvgIpc) is 2.54. The number of aryl methyl sites for hydroxylation is 1. The van der Waals surface area contributed by atoms with E-state index in [4.69, 9.17) is 9.47 Å². The van der Waals surface area contributed by atoms with Gasteiger partial charge in [0.05, 0.1) is 30.7 Å². The molecule has 0 saturated heterocycles. The molecule has 1 N–H and O–H groups in total. The Kier molecular flexibility index (Phi) is 4.99. The summed E-state index contributed by atoms with van der Waals surface area (Å²) in [4.78, 5) is 15.7. The van der Waals surface area contributed by atoms with Crippen LogP contribution in [-0.2, 0) is 6.42 Å². The molecule has 0 aliphatic heterocycles. The largest absolute Gasteiger partial charge is 0.497 e. The molecule has 0 saturated carbocycles. The van der Waals surface area contributed by atoms with Crippen molar-refractivity contribution in [3.8, 4) is 22.8 Å². The summed E-state index contributed by atoms with van der Waals surface area (Å²) < 4.78 is 10.9. The van der Waals surface area contributed by atoms with Crippen LogP contribution in [0.15, 0.2) is 30.3 Å². The van der Waals surface area contributed by atoms with Crippen molar-refractivity contribution in [2.45, 2.75) is 20.3 Å². The molecule has 0 radical (unpaired) electrons. The number of aromatic nitrogens is 1. The number of benzene rings is 1. The maximum Gasteiger partial charge on any atom is 0.337 e. The first kappa shape index (κ1) is 15.8. The molecular formula is C17H19NO4. The summed E-state index contributed by atoms with van der Waals surface area (Å²) in [6.07, 6.45) is 0.551. The smallest absolute Gasteiger partial charge is 0.337 e. The predicted octanol–water partition coefficient (Wildman–Crippen LogP) is 3.42. The third-order valence-corrected chi connectivity index (χ3v) is 3.30. The Morgan fingerprint density at radius 1 is 1.23 bits per heavy atom. The van der Waals surface area contributed by atoms with Gasteiger partial charge >= 0.3 is 5.97 Å². The number of pyridine rings is 1. The molecule has 0 unspecified atom stereocenters. The van der Waals surface area contributed by atoms with Crippen molar-refractivity contribution in [2.75, 3.05) is 13.7 Å². The minimum Gasteiger partial charge on any atom is -0.497 e. The molecule has 2 rings (SSSR count). The number of nitrogens with zero attached hydrogens (tertiary/aromatic N) is 1. The van der Waals surface area contributed by atoms with Gasteiger partial charge in [-0.3, -0.25) is 4.98 Å². The van der Waals surface area contributed by atoms with Crippen molar-refractivity contribution in [3.05, 3.63) is 41.6 Å². The molecule has 0 fully saturated rings. The van der Waals surface area contributed by atoms with Crippen molar-refractivity contribution in [1.82, 2.24) is 4.98 Å². The lowest BCUT2D eigenvalue weighted by Crippen LogP contribution is -2.05. The van der Waals surface area contributed by atoms with Crippen LogP contribution >= 0.6 is 0 Å². The first-order valence-corrected chi connectivity index (χ1v) is 7.15. The van der Waals surface area contributed by atoms with Gasteiger partial charge in [-0.05, 0) is 37.6 Å². The second-order valence-electron chi connectivity index (χ2n) is 4.64. The molecule has 1 aromatic carbocycles. The molecular weight excluding hydrogens is 282 g/mol. The number of aromatic carboxylic acids is 1. The van der Waals surface area contributed by atoms with E-state index in [2.05, 4.69) is 4.98 Å². The van der Waals surface area contributed by atoms with Gasteiger partial charge in [-0.25, -0.2) is 4.79 Å². The minimum atomic E-state index is -0.962. The van der Waals surface area contributed by atoms with E-state index in [1.165, 1.54) is 0 Å². The van der Waals surface area contributed by atoms with Crippen LogP contribution in [0.5, 0.6) is 11.5 Å². The maximum atomic E-state index is 11.2. The van der Waals surface area contributed by atoms with Crippen LogP contribution in [0.25, 0.3) is 11.3 Å². The number of methoxy groups -OCH3 is 1. The van der Waals surface area contributed by atoms with Crippen molar-refractivity contribution >= 4 is 5.97 Å². The number of carbonyl (C=O) groups is 1. The molecule has 0 bridgehead atoms. The topological polar surface area (TPSA) is 68.7 Å². The van der Waals surface area contributed by atoms with Crippen molar-refractivity contribution in [3.63, 3.8) is 0 Å². The normalized spacial score (nSPS) is 10.3. The van der Waals surface area contributed by atoms with Crippen molar-refractivity contribution in [1.29, 1.82) is 0 Å². The quantitative estimate of drug-likeness (QED) is 0.885. The summed E-state index contributed by atoms with van der Waals surface area (Å²) in [7, 11) is 1.60. The standard InChI is InChI=1S/C17H19NO4/c1-4-14-13(17(19)20)8-9-15(18-14)12-7-6-11(21-3)10-16(12)22-5-2/h6-10H,4-5H2,1-3H3,(H,19,20). The molecule has 116 valence electrons. The molecule has 0 aliphatic rings. The summed E-state index contributed by atoms with van der Waals surface area (Å²) in [5, 5.41) is 9.18. The summed E-state index contributed by atoms with van der Waals surface area (Å²) in [6, 6.07) is 8.79. The van der Waals surface area contributed by atoms with E-state index < -0.39 is 5.97 Å². The number of carboxylic acid groups (broad SMARTS) is 1. The van der Waals surface area contributed by atoms with Crippen LogP contribution in [0, 0.1) is 0 Å². The Morgan fingerprint density at radius 2 is 2.00 bits per heavy atom. The summed E-state index contributed by atoms with van der Waals surface area (Å²) in [6.45, 7) is 4.31. The van der Waals surface area contributed by atoms with Crippen LogP contribution in [-0.4, -0.2) is 29.8 Å². The molecule has 2 aromatic rings. The second kappa shape index (κ2) is 6.93. The summed E-state index contributed by atoms with van der Waals surface area (Å²) in [5.74, 6) is 0.403. The van der Waals surface area contributed by atoms with Crippen LogP contribution in [0.1, 0.15) is 29.9 Å². The van der Waals surface area contributed by atoms with Crippen LogP contribution < -0.4 is 9.47 Å². The molecule has 0 aliphatic carbocycles. The lowest BCUT2D eigenvalue weighted by atomic mass is 10.1. The van der Waals surface area contributed by atoms with E-state index in [1.54, 1.807) is 25.3 Å². The highest BCUT2D eigenvalue weighted by Gasteiger charge is 2.14. The molecule has 5 nitrogen and oxygen atoms in total. The van der Waals surface area contributed by atoms with Crippen LogP contribution in [0.2, 0.25) is 0 Å². The average molecular weight is 301 g/mol. The SMILES string of the molecule is CCOc1cc(OC)ccc1-c1ccc(C(=O)O)c(CC)n1. The van der Waals surface area contributed by atoms with Gasteiger partial charge in [0.25, 0.3) is 0 Å². The number of hydrogen-bond acceptors (Lipinski definition) is 4. The van der Waals surface area contributed by atoms with E-state index >= 15 is 0 Å². The van der Waals surface area contributed by atoms with Gasteiger partial charge < -0.3 is 14.6 Å². The third kappa shape index (κ3) is 3.19. The van der Waals surface area contributed by atoms with Gasteiger partial charge in [-0.15, -0.1) is 0 Å². The fourth-order valence-corrected chi connectivity index (χ4v) is 2.23. The lowest BCUT2D eigenvalue weighted by molar-refractivity contribution is 0.0695. The molecule has 0 amide bonds. The van der Waals surface area contributed by atoms with Crippen molar-refractivity contribution in [2.24, 2.45) is 0 Å². The molecule has 22 heavy (non-hydrogen) atoms. The molecule has 1 aromatic heterocycles. The van der Waals surface area contributed by atoms with E-state index in [0.29, 0.717) is 35.9 Å². The Labute approximate surface area is 129 Å². The monoisotopic (exact) mass is 301 g/mol.